The molecule has 0 bridgehead atoms. The van der Waals surface area contributed by atoms with E-state index in [-0.39, 0.29) is 16.9 Å². The SMILES string of the molecule is C=CC(NS(=O)(=O)c1ccc(C)cc1)C(C)/C=C/C. The first-order valence-electron chi connectivity index (χ1n) is 6.25. The summed E-state index contributed by atoms with van der Waals surface area (Å²) in [5.41, 5.74) is 1.03. The van der Waals surface area contributed by atoms with Crippen molar-refractivity contribution in [3.63, 3.8) is 0 Å². The maximum atomic E-state index is 12.2. The topological polar surface area (TPSA) is 46.2 Å². The molecule has 0 fully saturated rings. The van der Waals surface area contributed by atoms with E-state index in [9.17, 15) is 8.42 Å². The fourth-order valence-electron chi connectivity index (χ4n) is 1.76. The van der Waals surface area contributed by atoms with Crippen LogP contribution in [-0.4, -0.2) is 14.5 Å². The van der Waals surface area contributed by atoms with Crippen LogP contribution in [-0.2, 0) is 10.0 Å². The first-order valence-corrected chi connectivity index (χ1v) is 7.73. The minimum absolute atomic E-state index is 0.0581. The lowest BCUT2D eigenvalue weighted by atomic mass is 10.0. The second-order valence-corrected chi connectivity index (χ2v) is 6.29. The van der Waals surface area contributed by atoms with Crippen LogP contribution in [0, 0.1) is 12.8 Å². The molecule has 1 aromatic rings. The number of hydrogen-bond acceptors (Lipinski definition) is 2. The number of allylic oxidation sites excluding steroid dienone is 1. The molecule has 0 saturated carbocycles. The highest BCUT2D eigenvalue weighted by molar-refractivity contribution is 7.89. The zero-order valence-electron chi connectivity index (χ0n) is 11.6. The van der Waals surface area contributed by atoms with Crippen LogP contribution in [0.5, 0.6) is 0 Å². The molecule has 0 aliphatic rings. The minimum Gasteiger partial charge on any atom is -0.207 e. The van der Waals surface area contributed by atoms with E-state index < -0.39 is 10.0 Å². The molecule has 0 heterocycles. The van der Waals surface area contributed by atoms with Crippen molar-refractivity contribution in [3.05, 3.63) is 54.6 Å². The van der Waals surface area contributed by atoms with E-state index in [1.165, 1.54) is 0 Å². The quantitative estimate of drug-likeness (QED) is 0.814. The van der Waals surface area contributed by atoms with Gasteiger partial charge in [0.2, 0.25) is 10.0 Å². The predicted octanol–water partition coefficient (Wildman–Crippen LogP) is 3.04. The van der Waals surface area contributed by atoms with Gasteiger partial charge in [0.05, 0.1) is 4.90 Å². The van der Waals surface area contributed by atoms with Crippen molar-refractivity contribution in [3.8, 4) is 0 Å². The zero-order chi connectivity index (χ0) is 14.5. The maximum Gasteiger partial charge on any atom is 0.241 e. The summed E-state index contributed by atoms with van der Waals surface area (Å²) in [6.07, 6.45) is 5.47. The number of sulfonamides is 1. The molecule has 1 N–H and O–H groups in total. The van der Waals surface area contributed by atoms with E-state index >= 15 is 0 Å². The molecular formula is C15H21NO2S. The number of nitrogens with one attached hydrogen (secondary N) is 1. The minimum atomic E-state index is -3.51. The van der Waals surface area contributed by atoms with Gasteiger partial charge in [-0.15, -0.1) is 6.58 Å². The summed E-state index contributed by atoms with van der Waals surface area (Å²) in [6, 6.07) is 6.47. The second-order valence-electron chi connectivity index (χ2n) is 4.58. The van der Waals surface area contributed by atoms with Crippen LogP contribution in [0.25, 0.3) is 0 Å². The van der Waals surface area contributed by atoms with Gasteiger partial charge in [0.25, 0.3) is 0 Å². The summed E-state index contributed by atoms with van der Waals surface area (Å²) in [7, 11) is -3.51. The molecule has 0 spiro atoms. The maximum absolute atomic E-state index is 12.2. The van der Waals surface area contributed by atoms with Gasteiger partial charge in [-0.1, -0.05) is 42.8 Å². The Kier molecular flexibility index (Phi) is 5.51. The van der Waals surface area contributed by atoms with Gasteiger partial charge in [0, 0.05) is 6.04 Å². The number of aryl methyl sites for hydroxylation is 1. The third-order valence-electron chi connectivity index (χ3n) is 2.94. The van der Waals surface area contributed by atoms with E-state index in [0.717, 1.165) is 5.56 Å². The third-order valence-corrected chi connectivity index (χ3v) is 4.41. The van der Waals surface area contributed by atoms with Gasteiger partial charge >= 0.3 is 0 Å². The zero-order valence-corrected chi connectivity index (χ0v) is 12.4. The summed E-state index contributed by atoms with van der Waals surface area (Å²) in [5.74, 6) is 0.0581. The highest BCUT2D eigenvalue weighted by atomic mass is 32.2. The van der Waals surface area contributed by atoms with Gasteiger partial charge in [-0.3, -0.25) is 0 Å². The van der Waals surface area contributed by atoms with Crippen molar-refractivity contribution in [1.82, 2.24) is 4.72 Å². The molecule has 0 radical (unpaired) electrons. The Morgan fingerprint density at radius 2 is 1.84 bits per heavy atom. The molecule has 0 amide bonds. The molecule has 104 valence electrons. The van der Waals surface area contributed by atoms with Crippen LogP contribution in [0.4, 0.5) is 0 Å². The molecule has 1 aromatic carbocycles. The summed E-state index contributed by atoms with van der Waals surface area (Å²) < 4.78 is 27.1. The van der Waals surface area contributed by atoms with E-state index in [4.69, 9.17) is 0 Å². The number of hydrogen-bond donors (Lipinski definition) is 1. The lowest BCUT2D eigenvalue weighted by Gasteiger charge is -2.19. The third kappa shape index (κ3) is 4.33. The van der Waals surface area contributed by atoms with Crippen molar-refractivity contribution in [2.45, 2.75) is 31.7 Å². The lowest BCUT2D eigenvalue weighted by molar-refractivity contribution is 0.537. The van der Waals surface area contributed by atoms with Crippen LogP contribution in [0.15, 0.2) is 54.0 Å². The van der Waals surface area contributed by atoms with Gasteiger partial charge in [0.1, 0.15) is 0 Å². The van der Waals surface area contributed by atoms with Crippen molar-refractivity contribution >= 4 is 10.0 Å². The molecule has 0 aliphatic carbocycles. The average Bonchev–Trinajstić information content (AvgIpc) is 2.36. The second kappa shape index (κ2) is 6.68. The average molecular weight is 279 g/mol. The van der Waals surface area contributed by atoms with Crippen molar-refractivity contribution < 1.29 is 8.42 Å². The summed E-state index contributed by atoms with van der Waals surface area (Å²) in [4.78, 5) is 0.276. The molecule has 19 heavy (non-hydrogen) atoms. The first-order chi connectivity index (χ1) is 8.90. The summed E-state index contributed by atoms with van der Waals surface area (Å²) in [5, 5.41) is 0. The van der Waals surface area contributed by atoms with Crippen molar-refractivity contribution in [2.24, 2.45) is 5.92 Å². The Morgan fingerprint density at radius 3 is 2.32 bits per heavy atom. The number of rotatable bonds is 6. The lowest BCUT2D eigenvalue weighted by Crippen LogP contribution is -2.37. The number of benzene rings is 1. The van der Waals surface area contributed by atoms with E-state index in [1.807, 2.05) is 32.9 Å². The highest BCUT2D eigenvalue weighted by Gasteiger charge is 2.20. The fraction of sp³-hybridized carbons (Fsp3) is 0.333. The molecule has 2 atom stereocenters. The molecule has 0 saturated heterocycles. The highest BCUT2D eigenvalue weighted by Crippen LogP contribution is 2.14. The van der Waals surface area contributed by atoms with Gasteiger partial charge < -0.3 is 0 Å². The van der Waals surface area contributed by atoms with Crippen LogP contribution in [0.3, 0.4) is 0 Å². The van der Waals surface area contributed by atoms with Crippen molar-refractivity contribution in [1.29, 1.82) is 0 Å². The van der Waals surface area contributed by atoms with Gasteiger partial charge in [-0.2, -0.15) is 0 Å². The fourth-order valence-corrected chi connectivity index (χ4v) is 3.06. The summed E-state index contributed by atoms with van der Waals surface area (Å²) >= 11 is 0. The Labute approximate surface area is 116 Å². The molecule has 1 rings (SSSR count). The first kappa shape index (κ1) is 15.7. The van der Waals surface area contributed by atoms with Crippen molar-refractivity contribution in [2.75, 3.05) is 0 Å². The Hall–Kier alpha value is -1.39. The largest absolute Gasteiger partial charge is 0.241 e. The van der Waals surface area contributed by atoms with Gasteiger partial charge in [-0.05, 0) is 31.9 Å². The normalized spacial score (nSPS) is 15.3. The molecule has 0 aliphatic heterocycles. The van der Waals surface area contributed by atoms with E-state index in [0.29, 0.717) is 0 Å². The van der Waals surface area contributed by atoms with Crippen LogP contribution >= 0.6 is 0 Å². The monoisotopic (exact) mass is 279 g/mol. The predicted molar refractivity (Wildman–Crippen MR) is 79.5 cm³/mol. The molecule has 0 aromatic heterocycles. The Bertz CT molecular complexity index is 544. The van der Waals surface area contributed by atoms with Gasteiger partial charge in [0.15, 0.2) is 0 Å². The van der Waals surface area contributed by atoms with Crippen LogP contribution in [0.2, 0.25) is 0 Å². The smallest absolute Gasteiger partial charge is 0.207 e. The van der Waals surface area contributed by atoms with Gasteiger partial charge in [-0.25, -0.2) is 13.1 Å². The molecule has 3 nitrogen and oxygen atoms in total. The van der Waals surface area contributed by atoms with E-state index in [1.54, 1.807) is 30.3 Å². The standard InChI is InChI=1S/C15H21NO2S/c1-5-7-13(4)15(6-2)16-19(17,18)14-10-8-12(3)9-11-14/h5-11,13,15-16H,2H2,1,3-4H3/b7-5+. The Morgan fingerprint density at radius 1 is 1.26 bits per heavy atom. The van der Waals surface area contributed by atoms with E-state index in [2.05, 4.69) is 11.3 Å². The molecule has 2 unspecified atom stereocenters. The molecular weight excluding hydrogens is 258 g/mol. The Balaban J connectivity index is 2.95. The van der Waals surface area contributed by atoms with Crippen LogP contribution in [0.1, 0.15) is 19.4 Å². The molecule has 4 heteroatoms. The van der Waals surface area contributed by atoms with Crippen LogP contribution < -0.4 is 4.72 Å². The summed E-state index contributed by atoms with van der Waals surface area (Å²) in [6.45, 7) is 9.47.